The summed E-state index contributed by atoms with van der Waals surface area (Å²) in [6.07, 6.45) is -0.583. The van der Waals surface area contributed by atoms with Crippen LogP contribution in [0.4, 0.5) is 0 Å². The van der Waals surface area contributed by atoms with Crippen LogP contribution in [0.1, 0.15) is 29.7 Å². The van der Waals surface area contributed by atoms with Crippen LogP contribution in [0.3, 0.4) is 0 Å². The van der Waals surface area contributed by atoms with Gasteiger partial charge >= 0.3 is 0 Å². The maximum atomic E-state index is 10.0. The number of halogens is 1. The Labute approximate surface area is 118 Å². The van der Waals surface area contributed by atoms with Gasteiger partial charge in [-0.1, -0.05) is 17.7 Å². The topological polar surface area (TPSA) is 34.4 Å². The molecule has 1 N–H and O–H groups in total. The second-order valence-electron chi connectivity index (χ2n) is 5.00. The molecule has 0 bridgehead atoms. The number of fused-ring (bicyclic) bond motifs is 1. The van der Waals surface area contributed by atoms with Crippen LogP contribution in [0.15, 0.2) is 12.1 Å². The van der Waals surface area contributed by atoms with E-state index in [1.54, 1.807) is 14.0 Å². The number of aryl methyl sites for hydroxylation is 2. The van der Waals surface area contributed by atoms with Crippen molar-refractivity contribution >= 4 is 22.5 Å². The predicted octanol–water partition coefficient (Wildman–Crippen LogP) is 3.61. The summed E-state index contributed by atoms with van der Waals surface area (Å²) in [7, 11) is 1.67. The molecule has 2 aromatic rings. The minimum absolute atomic E-state index is 0.583. The third-order valence-corrected chi connectivity index (χ3v) is 3.82. The Morgan fingerprint density at radius 2 is 2.05 bits per heavy atom. The van der Waals surface area contributed by atoms with Crippen LogP contribution in [0, 0.1) is 13.8 Å². The van der Waals surface area contributed by atoms with E-state index >= 15 is 0 Å². The largest absolute Gasteiger partial charge is 0.389 e. The standard InChI is InChI=1S/C15H20ClNO2/c1-9-7-10(2)13-12(8-9)17(5-6-19-4)15(16)14(13)11(3)18/h7-8,11,18H,5-6H2,1-4H3. The van der Waals surface area contributed by atoms with Crippen LogP contribution >= 0.6 is 11.6 Å². The van der Waals surface area contributed by atoms with Crippen LogP contribution in [0.25, 0.3) is 10.9 Å². The van der Waals surface area contributed by atoms with Crippen molar-refractivity contribution in [1.82, 2.24) is 4.57 Å². The molecule has 1 atom stereocenters. The fraction of sp³-hybridized carbons (Fsp3) is 0.467. The van der Waals surface area contributed by atoms with Crippen LogP contribution in [0.5, 0.6) is 0 Å². The lowest BCUT2D eigenvalue weighted by Crippen LogP contribution is -2.04. The highest BCUT2D eigenvalue weighted by atomic mass is 35.5. The minimum Gasteiger partial charge on any atom is -0.389 e. The minimum atomic E-state index is -0.583. The van der Waals surface area contributed by atoms with Crippen molar-refractivity contribution in [3.05, 3.63) is 34.0 Å². The van der Waals surface area contributed by atoms with Gasteiger partial charge in [0.05, 0.1) is 18.2 Å². The SMILES string of the molecule is COCCn1c(Cl)c(C(C)O)c2c(C)cc(C)cc21. The summed E-state index contributed by atoms with van der Waals surface area (Å²) >= 11 is 6.45. The van der Waals surface area contributed by atoms with E-state index in [0.29, 0.717) is 18.3 Å². The first-order valence-electron chi connectivity index (χ1n) is 6.43. The smallest absolute Gasteiger partial charge is 0.115 e. The van der Waals surface area contributed by atoms with Gasteiger partial charge in [0, 0.05) is 24.6 Å². The molecule has 1 heterocycles. The Morgan fingerprint density at radius 3 is 2.63 bits per heavy atom. The third kappa shape index (κ3) is 2.50. The molecule has 1 aromatic carbocycles. The first-order chi connectivity index (χ1) is 8.97. The highest BCUT2D eigenvalue weighted by Crippen LogP contribution is 2.36. The first kappa shape index (κ1) is 14.4. The van der Waals surface area contributed by atoms with Crippen molar-refractivity contribution in [2.45, 2.75) is 33.4 Å². The number of aliphatic hydroxyl groups is 1. The van der Waals surface area contributed by atoms with Gasteiger partial charge < -0.3 is 14.4 Å². The molecule has 104 valence electrons. The lowest BCUT2D eigenvalue weighted by molar-refractivity contribution is 0.187. The van der Waals surface area contributed by atoms with Crippen LogP contribution in [0.2, 0.25) is 5.15 Å². The average molecular weight is 282 g/mol. The van der Waals surface area contributed by atoms with Crippen LogP contribution in [-0.2, 0) is 11.3 Å². The lowest BCUT2D eigenvalue weighted by atomic mass is 10.0. The Kier molecular flexibility index (Phi) is 4.19. The fourth-order valence-corrected chi connectivity index (χ4v) is 3.07. The average Bonchev–Trinajstić information content (AvgIpc) is 2.59. The van der Waals surface area contributed by atoms with E-state index in [4.69, 9.17) is 16.3 Å². The molecule has 19 heavy (non-hydrogen) atoms. The summed E-state index contributed by atoms with van der Waals surface area (Å²) in [5.74, 6) is 0. The van der Waals surface area contributed by atoms with E-state index in [0.717, 1.165) is 22.0 Å². The monoisotopic (exact) mass is 281 g/mol. The number of hydrogen-bond acceptors (Lipinski definition) is 2. The zero-order valence-corrected chi connectivity index (χ0v) is 12.6. The van der Waals surface area contributed by atoms with Crippen molar-refractivity contribution in [3.8, 4) is 0 Å². The quantitative estimate of drug-likeness (QED) is 0.929. The molecular weight excluding hydrogens is 262 g/mol. The number of aromatic nitrogens is 1. The number of nitrogens with zero attached hydrogens (tertiary/aromatic N) is 1. The Morgan fingerprint density at radius 1 is 1.37 bits per heavy atom. The number of ether oxygens (including phenoxy) is 1. The molecule has 0 aliphatic heterocycles. The normalized spacial score (nSPS) is 13.2. The Balaban J connectivity index is 2.76. The van der Waals surface area contributed by atoms with Crippen molar-refractivity contribution in [1.29, 1.82) is 0 Å². The van der Waals surface area contributed by atoms with E-state index in [9.17, 15) is 5.11 Å². The molecule has 1 unspecified atom stereocenters. The highest BCUT2D eigenvalue weighted by molar-refractivity contribution is 6.32. The number of rotatable bonds is 4. The zero-order valence-electron chi connectivity index (χ0n) is 11.8. The van der Waals surface area contributed by atoms with Crippen molar-refractivity contribution in [2.24, 2.45) is 0 Å². The van der Waals surface area contributed by atoms with Gasteiger partial charge in [-0.05, 0) is 38.0 Å². The predicted molar refractivity (Wildman–Crippen MR) is 78.9 cm³/mol. The molecule has 1 aromatic heterocycles. The van der Waals surface area contributed by atoms with Gasteiger partial charge in [-0.2, -0.15) is 0 Å². The van der Waals surface area contributed by atoms with Gasteiger partial charge in [-0.25, -0.2) is 0 Å². The number of aliphatic hydroxyl groups excluding tert-OH is 1. The zero-order chi connectivity index (χ0) is 14.2. The molecule has 3 nitrogen and oxygen atoms in total. The van der Waals surface area contributed by atoms with Crippen molar-refractivity contribution in [3.63, 3.8) is 0 Å². The Bertz CT molecular complexity index is 602. The second kappa shape index (κ2) is 5.53. The maximum absolute atomic E-state index is 10.0. The summed E-state index contributed by atoms with van der Waals surface area (Å²) in [5.41, 5.74) is 4.21. The summed E-state index contributed by atoms with van der Waals surface area (Å²) in [6, 6.07) is 4.22. The van der Waals surface area contributed by atoms with Crippen molar-refractivity contribution < 1.29 is 9.84 Å². The number of hydrogen-bond donors (Lipinski definition) is 1. The van der Waals surface area contributed by atoms with E-state index in [1.807, 2.05) is 4.57 Å². The molecule has 4 heteroatoms. The summed E-state index contributed by atoms with van der Waals surface area (Å²) in [6.45, 7) is 7.14. The van der Waals surface area contributed by atoms with Gasteiger partial charge in [0.15, 0.2) is 0 Å². The molecule has 0 aliphatic rings. The van der Waals surface area contributed by atoms with Crippen LogP contribution in [-0.4, -0.2) is 23.4 Å². The van der Waals surface area contributed by atoms with Crippen LogP contribution < -0.4 is 0 Å². The Hall–Kier alpha value is -1.03. The van der Waals surface area contributed by atoms with Gasteiger partial charge in [0.1, 0.15) is 5.15 Å². The number of methoxy groups -OCH3 is 1. The van der Waals surface area contributed by atoms with Gasteiger partial charge in [0.25, 0.3) is 0 Å². The molecule has 0 spiro atoms. The summed E-state index contributed by atoms with van der Waals surface area (Å²) < 4.78 is 7.15. The highest BCUT2D eigenvalue weighted by Gasteiger charge is 2.20. The molecule has 0 fully saturated rings. The molecule has 0 saturated heterocycles. The van der Waals surface area contributed by atoms with Gasteiger partial charge in [-0.3, -0.25) is 0 Å². The molecule has 2 rings (SSSR count). The van der Waals surface area contributed by atoms with Crippen molar-refractivity contribution in [2.75, 3.05) is 13.7 Å². The van der Waals surface area contributed by atoms with E-state index in [-0.39, 0.29) is 0 Å². The van der Waals surface area contributed by atoms with Gasteiger partial charge in [-0.15, -0.1) is 0 Å². The molecule has 0 radical (unpaired) electrons. The molecule has 0 saturated carbocycles. The third-order valence-electron chi connectivity index (χ3n) is 3.42. The van der Waals surface area contributed by atoms with E-state index < -0.39 is 6.10 Å². The molecular formula is C15H20ClNO2. The summed E-state index contributed by atoms with van der Waals surface area (Å²) in [4.78, 5) is 0. The maximum Gasteiger partial charge on any atom is 0.115 e. The van der Waals surface area contributed by atoms with E-state index in [2.05, 4.69) is 26.0 Å². The summed E-state index contributed by atoms with van der Waals surface area (Å²) in [5, 5.41) is 11.7. The fourth-order valence-electron chi connectivity index (χ4n) is 2.65. The lowest BCUT2D eigenvalue weighted by Gasteiger charge is -2.07. The second-order valence-corrected chi connectivity index (χ2v) is 5.36. The molecule has 0 aliphatic carbocycles. The first-order valence-corrected chi connectivity index (χ1v) is 6.81. The molecule has 0 amide bonds. The van der Waals surface area contributed by atoms with E-state index in [1.165, 1.54) is 5.56 Å². The van der Waals surface area contributed by atoms with Gasteiger partial charge in [0.2, 0.25) is 0 Å². The number of benzene rings is 1.